The monoisotopic (exact) mass is 550 g/mol. The second-order valence-electron chi connectivity index (χ2n) is 8.85. The molecule has 0 unspecified atom stereocenters. The molecule has 10 heteroatoms. The van der Waals surface area contributed by atoms with Crippen LogP contribution in [0.25, 0.3) is 16.6 Å². The van der Waals surface area contributed by atoms with Crippen LogP contribution in [0.1, 0.15) is 25.0 Å². The molecule has 1 amide bonds. The Labute approximate surface area is 226 Å². The van der Waals surface area contributed by atoms with Crippen molar-refractivity contribution in [2.45, 2.75) is 37.7 Å². The number of aryl methyl sites for hydroxylation is 2. The molecular weight excluding hydrogens is 520 g/mol. The maximum absolute atomic E-state index is 13.5. The van der Waals surface area contributed by atoms with Crippen molar-refractivity contribution in [1.82, 2.24) is 13.9 Å². The molecule has 0 saturated carbocycles. The number of hydrogen-bond donors (Lipinski definition) is 1. The van der Waals surface area contributed by atoms with Gasteiger partial charge in [-0.25, -0.2) is 13.4 Å². The lowest BCUT2D eigenvalue weighted by Crippen LogP contribution is -2.30. The van der Waals surface area contributed by atoms with Crippen molar-refractivity contribution in [2.75, 3.05) is 24.2 Å². The topological polar surface area (TPSA) is 101 Å². The van der Waals surface area contributed by atoms with Gasteiger partial charge in [-0.3, -0.25) is 14.2 Å². The van der Waals surface area contributed by atoms with Gasteiger partial charge in [0.05, 0.1) is 27.2 Å². The van der Waals surface area contributed by atoms with Crippen molar-refractivity contribution in [1.29, 1.82) is 0 Å². The van der Waals surface area contributed by atoms with Crippen LogP contribution in [0.5, 0.6) is 0 Å². The molecule has 1 aromatic heterocycles. The van der Waals surface area contributed by atoms with Crippen molar-refractivity contribution >= 4 is 44.3 Å². The number of para-hydroxylation sites is 1. The van der Waals surface area contributed by atoms with Gasteiger partial charge in [0.2, 0.25) is 15.9 Å². The van der Waals surface area contributed by atoms with Gasteiger partial charge in [0.1, 0.15) is 0 Å². The van der Waals surface area contributed by atoms with Gasteiger partial charge in [-0.05, 0) is 73.5 Å². The predicted molar refractivity (Wildman–Crippen MR) is 153 cm³/mol. The van der Waals surface area contributed by atoms with Crippen molar-refractivity contribution in [2.24, 2.45) is 0 Å². The number of hydrogen-bond acceptors (Lipinski definition) is 6. The highest BCUT2D eigenvalue weighted by Gasteiger charge is 2.21. The highest BCUT2D eigenvalue weighted by molar-refractivity contribution is 7.99. The number of sulfonamides is 1. The highest BCUT2D eigenvalue weighted by Crippen LogP contribution is 2.24. The predicted octanol–water partition coefficient (Wildman–Crippen LogP) is 4.76. The number of nitrogens with one attached hydrogen (secondary N) is 1. The van der Waals surface area contributed by atoms with Gasteiger partial charge in [0.15, 0.2) is 5.16 Å². The van der Waals surface area contributed by atoms with E-state index in [0.29, 0.717) is 40.5 Å². The molecule has 0 bridgehead atoms. The first-order valence-corrected chi connectivity index (χ1v) is 14.7. The molecule has 0 aliphatic heterocycles. The van der Waals surface area contributed by atoms with Crippen molar-refractivity contribution in [3.8, 4) is 5.69 Å². The van der Waals surface area contributed by atoms with Crippen LogP contribution in [0.3, 0.4) is 0 Å². The number of carbonyl (C=O) groups is 1. The number of nitrogens with zero attached hydrogens (tertiary/aromatic N) is 3. The van der Waals surface area contributed by atoms with Crippen LogP contribution in [0.15, 0.2) is 81.6 Å². The smallest absolute Gasteiger partial charge is 0.266 e. The van der Waals surface area contributed by atoms with E-state index in [1.54, 1.807) is 48.7 Å². The standard InChI is InChI=1S/C28H30N4O4S2/c1-5-31(6-2)38(35,36)23-13-11-21(12-14-23)29-26(33)18-37-28-30-25-10-8-7-9-24(25)27(34)32(28)22-16-19(3)15-20(4)17-22/h7-17H,5-6,18H2,1-4H3,(H,29,33). The molecule has 1 heterocycles. The molecule has 0 radical (unpaired) electrons. The van der Waals surface area contributed by atoms with E-state index in [9.17, 15) is 18.0 Å². The fourth-order valence-electron chi connectivity index (χ4n) is 4.27. The summed E-state index contributed by atoms with van der Waals surface area (Å²) in [5.74, 6) is -0.293. The maximum atomic E-state index is 13.5. The second-order valence-corrected chi connectivity index (χ2v) is 11.7. The molecule has 0 spiro atoms. The Bertz CT molecular complexity index is 1620. The molecule has 0 saturated heterocycles. The lowest BCUT2D eigenvalue weighted by molar-refractivity contribution is -0.113. The van der Waals surface area contributed by atoms with E-state index in [1.165, 1.54) is 16.4 Å². The number of fused-ring (bicyclic) bond motifs is 1. The van der Waals surface area contributed by atoms with E-state index in [0.717, 1.165) is 22.9 Å². The van der Waals surface area contributed by atoms with Crippen LogP contribution in [0.2, 0.25) is 0 Å². The molecule has 0 aliphatic rings. The van der Waals surface area contributed by atoms with E-state index < -0.39 is 10.0 Å². The summed E-state index contributed by atoms with van der Waals surface area (Å²) in [4.78, 5) is 31.1. The van der Waals surface area contributed by atoms with Crippen LogP contribution in [0.4, 0.5) is 5.69 Å². The fraction of sp³-hybridized carbons (Fsp3) is 0.250. The molecule has 8 nitrogen and oxygen atoms in total. The number of aromatic nitrogens is 2. The lowest BCUT2D eigenvalue weighted by atomic mass is 10.1. The van der Waals surface area contributed by atoms with Crippen molar-refractivity contribution in [3.05, 3.63) is 88.2 Å². The molecule has 0 atom stereocenters. The highest BCUT2D eigenvalue weighted by atomic mass is 32.2. The van der Waals surface area contributed by atoms with Crippen LogP contribution in [-0.4, -0.2) is 47.0 Å². The summed E-state index contributed by atoms with van der Waals surface area (Å²) in [6.07, 6.45) is 0. The Balaban J connectivity index is 1.57. The van der Waals surface area contributed by atoms with E-state index >= 15 is 0 Å². The normalized spacial score (nSPS) is 11.7. The number of benzene rings is 3. The van der Waals surface area contributed by atoms with E-state index in [4.69, 9.17) is 4.98 Å². The molecule has 4 aromatic rings. The summed E-state index contributed by atoms with van der Waals surface area (Å²) in [7, 11) is -3.58. The second kappa shape index (κ2) is 11.5. The van der Waals surface area contributed by atoms with E-state index in [2.05, 4.69) is 5.32 Å². The minimum Gasteiger partial charge on any atom is -0.325 e. The van der Waals surface area contributed by atoms with E-state index in [1.807, 2.05) is 38.1 Å². The summed E-state index contributed by atoms with van der Waals surface area (Å²) in [6, 6.07) is 19.1. The quantitative estimate of drug-likeness (QED) is 0.238. The summed E-state index contributed by atoms with van der Waals surface area (Å²) < 4.78 is 28.3. The summed E-state index contributed by atoms with van der Waals surface area (Å²) in [5.41, 5.74) is 3.56. The Hall–Kier alpha value is -3.47. The minimum atomic E-state index is -3.58. The Kier molecular flexibility index (Phi) is 8.35. The Morgan fingerprint density at radius 2 is 1.61 bits per heavy atom. The van der Waals surface area contributed by atoms with Gasteiger partial charge in [-0.1, -0.05) is 43.8 Å². The number of rotatable bonds is 9. The number of carbonyl (C=O) groups excluding carboxylic acids is 1. The summed E-state index contributed by atoms with van der Waals surface area (Å²) in [5, 5.41) is 3.71. The lowest BCUT2D eigenvalue weighted by Gasteiger charge is -2.18. The first-order valence-electron chi connectivity index (χ1n) is 12.3. The number of thioether (sulfide) groups is 1. The van der Waals surface area contributed by atoms with Gasteiger partial charge in [-0.2, -0.15) is 4.31 Å². The van der Waals surface area contributed by atoms with Gasteiger partial charge in [0, 0.05) is 18.8 Å². The summed E-state index contributed by atoms with van der Waals surface area (Å²) >= 11 is 1.16. The summed E-state index contributed by atoms with van der Waals surface area (Å²) in [6.45, 7) is 8.27. The molecular formula is C28H30N4O4S2. The van der Waals surface area contributed by atoms with Crippen LogP contribution in [0, 0.1) is 13.8 Å². The minimum absolute atomic E-state index is 0.00900. The third kappa shape index (κ3) is 5.82. The third-order valence-corrected chi connectivity index (χ3v) is 9.03. The van der Waals surface area contributed by atoms with Crippen LogP contribution in [-0.2, 0) is 14.8 Å². The first-order chi connectivity index (χ1) is 18.1. The molecule has 0 aliphatic carbocycles. The fourth-order valence-corrected chi connectivity index (χ4v) is 6.54. The zero-order valence-electron chi connectivity index (χ0n) is 21.8. The Morgan fingerprint density at radius 1 is 0.974 bits per heavy atom. The zero-order valence-corrected chi connectivity index (χ0v) is 23.4. The van der Waals surface area contributed by atoms with Gasteiger partial charge in [0.25, 0.3) is 5.56 Å². The van der Waals surface area contributed by atoms with Crippen molar-refractivity contribution in [3.63, 3.8) is 0 Å². The number of amides is 1. The van der Waals surface area contributed by atoms with Crippen LogP contribution < -0.4 is 10.9 Å². The molecule has 1 N–H and O–H groups in total. The molecule has 3 aromatic carbocycles. The molecule has 38 heavy (non-hydrogen) atoms. The van der Waals surface area contributed by atoms with Gasteiger partial charge in [-0.15, -0.1) is 0 Å². The average molecular weight is 551 g/mol. The molecule has 4 rings (SSSR count). The Morgan fingerprint density at radius 3 is 2.24 bits per heavy atom. The third-order valence-electron chi connectivity index (χ3n) is 6.02. The zero-order chi connectivity index (χ0) is 27.4. The average Bonchev–Trinajstić information content (AvgIpc) is 2.88. The van der Waals surface area contributed by atoms with Crippen molar-refractivity contribution < 1.29 is 13.2 Å². The van der Waals surface area contributed by atoms with Crippen LogP contribution >= 0.6 is 11.8 Å². The number of anilines is 1. The SMILES string of the molecule is CCN(CC)S(=O)(=O)c1ccc(NC(=O)CSc2nc3ccccc3c(=O)n2-c2cc(C)cc(C)c2)cc1. The maximum Gasteiger partial charge on any atom is 0.266 e. The van der Waals surface area contributed by atoms with Gasteiger partial charge < -0.3 is 5.32 Å². The molecule has 198 valence electrons. The largest absolute Gasteiger partial charge is 0.325 e. The first kappa shape index (κ1) is 27.6. The molecule has 0 fully saturated rings. The van der Waals surface area contributed by atoms with Gasteiger partial charge >= 0.3 is 0 Å². The van der Waals surface area contributed by atoms with E-state index in [-0.39, 0.29) is 22.1 Å².